The maximum absolute atomic E-state index is 13.9. The fourth-order valence-corrected chi connectivity index (χ4v) is 4.17. The third kappa shape index (κ3) is 4.84. The van der Waals surface area contributed by atoms with E-state index in [1.807, 2.05) is 23.1 Å². The van der Waals surface area contributed by atoms with E-state index in [-0.39, 0.29) is 23.6 Å². The summed E-state index contributed by atoms with van der Waals surface area (Å²) in [6.45, 7) is 1.56. The summed E-state index contributed by atoms with van der Waals surface area (Å²) in [6.07, 6.45) is 0.308. The molecular weight excluding hydrogens is 451 g/mol. The van der Waals surface area contributed by atoms with E-state index in [1.165, 1.54) is 5.56 Å². The Kier molecular flexibility index (Phi) is 6.74. The predicted octanol–water partition coefficient (Wildman–Crippen LogP) is 4.02. The van der Waals surface area contributed by atoms with Gasteiger partial charge in [-0.25, -0.2) is 13.2 Å². The van der Waals surface area contributed by atoms with Gasteiger partial charge in [-0.2, -0.15) is 0 Å². The van der Waals surface area contributed by atoms with Gasteiger partial charge in [-0.15, -0.1) is 0 Å². The van der Waals surface area contributed by atoms with E-state index in [0.29, 0.717) is 25.2 Å². The standard InChI is InChI=1S/C25H22F3NO5/c1-33-22(31)11-18(16-8-19(26)23(28)20(27)9-16)25-24(32)21(30)10-17(34-25)13-29-7-6-14-4-2-3-5-15(14)12-29/h2-5,8-10,18,32H,6-7,11-13H2,1H3/t18-/m0/s1. The maximum atomic E-state index is 13.9. The van der Waals surface area contributed by atoms with Crippen LogP contribution in [0.3, 0.4) is 0 Å². The molecule has 0 unspecified atom stereocenters. The molecule has 0 spiro atoms. The number of hydrogen-bond donors (Lipinski definition) is 1. The molecule has 3 aromatic rings. The van der Waals surface area contributed by atoms with Crippen LogP contribution in [-0.4, -0.2) is 29.6 Å². The first-order valence-electron chi connectivity index (χ1n) is 10.6. The molecule has 0 amide bonds. The zero-order valence-electron chi connectivity index (χ0n) is 18.3. The number of methoxy groups -OCH3 is 1. The molecule has 2 aromatic carbocycles. The van der Waals surface area contributed by atoms with Crippen LogP contribution in [0.25, 0.3) is 0 Å². The van der Waals surface area contributed by atoms with Crippen LogP contribution < -0.4 is 5.43 Å². The molecule has 0 bridgehead atoms. The summed E-state index contributed by atoms with van der Waals surface area (Å²) in [5.74, 6) is -7.64. The minimum absolute atomic E-state index is 0.190. The van der Waals surface area contributed by atoms with Gasteiger partial charge in [0.1, 0.15) is 5.76 Å². The molecule has 1 aliphatic rings. The lowest BCUT2D eigenvalue weighted by Gasteiger charge is -2.28. The molecule has 1 atom stereocenters. The van der Waals surface area contributed by atoms with Crippen molar-refractivity contribution in [2.75, 3.05) is 13.7 Å². The number of fused-ring (bicyclic) bond motifs is 1. The largest absolute Gasteiger partial charge is 0.502 e. The Balaban J connectivity index is 1.71. The number of benzene rings is 2. The van der Waals surface area contributed by atoms with E-state index in [2.05, 4.69) is 10.8 Å². The quantitative estimate of drug-likeness (QED) is 0.431. The summed E-state index contributed by atoms with van der Waals surface area (Å²) >= 11 is 0. The molecule has 178 valence electrons. The van der Waals surface area contributed by atoms with E-state index in [1.54, 1.807) is 0 Å². The number of aromatic hydroxyl groups is 1. The van der Waals surface area contributed by atoms with E-state index in [0.717, 1.165) is 25.2 Å². The van der Waals surface area contributed by atoms with Crippen molar-refractivity contribution in [1.82, 2.24) is 4.90 Å². The minimum Gasteiger partial charge on any atom is -0.502 e. The monoisotopic (exact) mass is 473 g/mol. The number of rotatable bonds is 6. The van der Waals surface area contributed by atoms with Crippen LogP contribution in [0, 0.1) is 17.5 Å². The highest BCUT2D eigenvalue weighted by molar-refractivity contribution is 5.71. The molecule has 1 N–H and O–H groups in total. The normalized spacial score (nSPS) is 14.5. The Hall–Kier alpha value is -3.59. The zero-order valence-corrected chi connectivity index (χ0v) is 18.3. The summed E-state index contributed by atoms with van der Waals surface area (Å²) < 4.78 is 51.8. The molecule has 0 fully saturated rings. The van der Waals surface area contributed by atoms with Crippen molar-refractivity contribution in [1.29, 1.82) is 0 Å². The summed E-state index contributed by atoms with van der Waals surface area (Å²) in [4.78, 5) is 26.6. The average Bonchev–Trinajstić information content (AvgIpc) is 2.82. The molecule has 1 aliphatic heterocycles. The third-order valence-electron chi connectivity index (χ3n) is 5.91. The molecule has 6 nitrogen and oxygen atoms in total. The Morgan fingerprint density at radius 2 is 1.82 bits per heavy atom. The van der Waals surface area contributed by atoms with E-state index in [4.69, 9.17) is 4.42 Å². The Bertz CT molecular complexity index is 1270. The third-order valence-corrected chi connectivity index (χ3v) is 5.91. The maximum Gasteiger partial charge on any atom is 0.306 e. The van der Waals surface area contributed by atoms with Crippen molar-refractivity contribution >= 4 is 5.97 Å². The second-order valence-corrected chi connectivity index (χ2v) is 8.15. The second kappa shape index (κ2) is 9.72. The number of esters is 1. The Morgan fingerprint density at radius 3 is 2.50 bits per heavy atom. The summed E-state index contributed by atoms with van der Waals surface area (Å²) in [5.41, 5.74) is 1.43. The second-order valence-electron chi connectivity index (χ2n) is 8.15. The van der Waals surface area contributed by atoms with E-state index >= 15 is 0 Å². The number of halogens is 3. The predicted molar refractivity (Wildman–Crippen MR) is 116 cm³/mol. The molecule has 0 saturated carbocycles. The van der Waals surface area contributed by atoms with Crippen LogP contribution in [0.5, 0.6) is 5.75 Å². The van der Waals surface area contributed by atoms with Crippen molar-refractivity contribution in [3.63, 3.8) is 0 Å². The van der Waals surface area contributed by atoms with Gasteiger partial charge in [0.25, 0.3) is 0 Å². The number of ether oxygens (including phenoxy) is 1. The van der Waals surface area contributed by atoms with Crippen LogP contribution >= 0.6 is 0 Å². The molecule has 0 saturated heterocycles. The van der Waals surface area contributed by atoms with Gasteiger partial charge in [-0.3, -0.25) is 14.5 Å². The highest BCUT2D eigenvalue weighted by atomic mass is 19.2. The fraction of sp³-hybridized carbons (Fsp3) is 0.280. The molecular formula is C25H22F3NO5. The van der Waals surface area contributed by atoms with Gasteiger partial charge in [0.05, 0.1) is 26.0 Å². The molecule has 2 heterocycles. The van der Waals surface area contributed by atoms with Gasteiger partial charge in [0.2, 0.25) is 11.2 Å². The fourth-order valence-electron chi connectivity index (χ4n) is 4.17. The van der Waals surface area contributed by atoms with E-state index < -0.39 is 46.9 Å². The van der Waals surface area contributed by atoms with Crippen molar-refractivity contribution in [2.24, 2.45) is 0 Å². The zero-order chi connectivity index (χ0) is 24.4. The number of hydrogen-bond acceptors (Lipinski definition) is 6. The van der Waals surface area contributed by atoms with Crippen molar-refractivity contribution in [3.8, 4) is 5.75 Å². The topological polar surface area (TPSA) is 80.0 Å². The first-order valence-corrected chi connectivity index (χ1v) is 10.6. The highest BCUT2D eigenvalue weighted by Gasteiger charge is 2.29. The van der Waals surface area contributed by atoms with Crippen LogP contribution in [-0.2, 0) is 29.0 Å². The lowest BCUT2D eigenvalue weighted by atomic mass is 9.92. The van der Waals surface area contributed by atoms with Gasteiger partial charge < -0.3 is 14.3 Å². The first kappa shape index (κ1) is 23.6. The van der Waals surface area contributed by atoms with Crippen molar-refractivity contribution in [2.45, 2.75) is 31.8 Å². The van der Waals surface area contributed by atoms with Gasteiger partial charge in [-0.05, 0) is 35.2 Å². The Morgan fingerprint density at radius 1 is 1.15 bits per heavy atom. The van der Waals surface area contributed by atoms with Gasteiger partial charge in [0.15, 0.2) is 23.2 Å². The van der Waals surface area contributed by atoms with Gasteiger partial charge in [-0.1, -0.05) is 24.3 Å². The van der Waals surface area contributed by atoms with Crippen molar-refractivity contribution < 1.29 is 32.2 Å². The summed E-state index contributed by atoms with van der Waals surface area (Å²) in [6, 6.07) is 10.5. The highest BCUT2D eigenvalue weighted by Crippen LogP contribution is 2.35. The Labute approximate surface area is 193 Å². The van der Waals surface area contributed by atoms with Crippen LogP contribution in [0.15, 0.2) is 51.7 Å². The van der Waals surface area contributed by atoms with Crippen LogP contribution in [0.4, 0.5) is 13.2 Å². The number of carbonyl (C=O) groups is 1. The van der Waals surface area contributed by atoms with Gasteiger partial charge >= 0.3 is 5.97 Å². The molecule has 1 aromatic heterocycles. The van der Waals surface area contributed by atoms with Gasteiger partial charge in [0, 0.05) is 19.2 Å². The first-order chi connectivity index (χ1) is 16.3. The van der Waals surface area contributed by atoms with Crippen LogP contribution in [0.1, 0.15) is 40.5 Å². The van der Waals surface area contributed by atoms with Crippen molar-refractivity contribution in [3.05, 3.63) is 98.4 Å². The molecule has 4 rings (SSSR count). The number of carbonyl (C=O) groups excluding carboxylic acids is 1. The number of nitrogens with zero attached hydrogens (tertiary/aromatic N) is 1. The SMILES string of the molecule is COC(=O)C[C@@H](c1cc(F)c(F)c(F)c1)c1oc(CN2CCc3ccccc3C2)cc(=O)c1O. The summed E-state index contributed by atoms with van der Waals surface area (Å²) in [7, 11) is 1.12. The molecule has 0 radical (unpaired) electrons. The lowest BCUT2D eigenvalue weighted by Crippen LogP contribution is -2.30. The molecule has 0 aliphatic carbocycles. The lowest BCUT2D eigenvalue weighted by molar-refractivity contribution is -0.140. The minimum atomic E-state index is -1.68. The smallest absolute Gasteiger partial charge is 0.306 e. The average molecular weight is 473 g/mol. The van der Waals surface area contributed by atoms with E-state index in [9.17, 15) is 27.9 Å². The van der Waals surface area contributed by atoms with Crippen LogP contribution in [0.2, 0.25) is 0 Å². The molecule has 9 heteroatoms. The molecule has 34 heavy (non-hydrogen) atoms. The summed E-state index contributed by atoms with van der Waals surface area (Å²) in [5, 5.41) is 10.4.